The Bertz CT molecular complexity index is 817. The molecule has 0 saturated heterocycles. The maximum atomic E-state index is 12.0. The van der Waals surface area contributed by atoms with Gasteiger partial charge >= 0.3 is 5.97 Å². The van der Waals surface area contributed by atoms with Crippen molar-refractivity contribution in [1.29, 1.82) is 0 Å². The lowest BCUT2D eigenvalue weighted by atomic mass is 10.2. The normalized spacial score (nSPS) is 10.9. The summed E-state index contributed by atoms with van der Waals surface area (Å²) in [5.41, 5.74) is 1.65. The molecular formula is C17H19NO5S. The highest BCUT2D eigenvalue weighted by molar-refractivity contribution is 7.92. The van der Waals surface area contributed by atoms with Gasteiger partial charge in [-0.2, -0.15) is 0 Å². The van der Waals surface area contributed by atoms with Crippen molar-refractivity contribution in [3.05, 3.63) is 59.7 Å². The van der Waals surface area contributed by atoms with Gasteiger partial charge in [0.25, 0.3) is 0 Å². The molecule has 0 aliphatic heterocycles. The first-order valence-corrected chi connectivity index (χ1v) is 9.17. The number of hydrogen-bond donors (Lipinski definition) is 1. The zero-order valence-corrected chi connectivity index (χ0v) is 14.3. The Hall–Kier alpha value is -2.54. The minimum atomic E-state index is -3.40. The van der Waals surface area contributed by atoms with Crippen molar-refractivity contribution >= 4 is 21.7 Å². The van der Waals surface area contributed by atoms with E-state index >= 15 is 0 Å². The summed E-state index contributed by atoms with van der Waals surface area (Å²) in [5, 5.41) is 0. The molecule has 2 aromatic rings. The van der Waals surface area contributed by atoms with Crippen LogP contribution in [0.5, 0.6) is 5.75 Å². The van der Waals surface area contributed by atoms with Gasteiger partial charge in [-0.1, -0.05) is 18.2 Å². The molecule has 0 spiro atoms. The maximum Gasteiger partial charge on any atom is 0.338 e. The van der Waals surface area contributed by atoms with Crippen LogP contribution in [0.15, 0.2) is 48.5 Å². The molecule has 0 radical (unpaired) electrons. The van der Waals surface area contributed by atoms with Crippen molar-refractivity contribution in [2.75, 3.05) is 24.2 Å². The van der Waals surface area contributed by atoms with Crippen molar-refractivity contribution in [1.82, 2.24) is 0 Å². The van der Waals surface area contributed by atoms with Crippen molar-refractivity contribution in [2.45, 2.75) is 6.92 Å². The van der Waals surface area contributed by atoms with Gasteiger partial charge in [0.05, 0.1) is 11.8 Å². The van der Waals surface area contributed by atoms with E-state index in [-0.39, 0.29) is 18.8 Å². The molecule has 0 atom stereocenters. The lowest BCUT2D eigenvalue weighted by molar-refractivity contribution is 0.0450. The molecule has 2 rings (SSSR count). The van der Waals surface area contributed by atoms with E-state index in [1.54, 1.807) is 18.2 Å². The summed E-state index contributed by atoms with van der Waals surface area (Å²) < 4.78 is 35.3. The van der Waals surface area contributed by atoms with Crippen LogP contribution in [0.2, 0.25) is 0 Å². The number of hydrogen-bond acceptors (Lipinski definition) is 5. The Kier molecular flexibility index (Phi) is 5.81. The van der Waals surface area contributed by atoms with Gasteiger partial charge in [0.2, 0.25) is 10.0 Å². The summed E-state index contributed by atoms with van der Waals surface area (Å²) >= 11 is 0. The van der Waals surface area contributed by atoms with Gasteiger partial charge in [0.1, 0.15) is 19.0 Å². The summed E-state index contributed by atoms with van der Waals surface area (Å²) in [6.07, 6.45) is 1.04. The molecule has 24 heavy (non-hydrogen) atoms. The fraction of sp³-hybridized carbons (Fsp3) is 0.235. The third kappa shape index (κ3) is 5.92. The van der Waals surface area contributed by atoms with Crippen LogP contribution >= 0.6 is 0 Å². The lowest BCUT2D eigenvalue weighted by Crippen LogP contribution is -2.13. The van der Waals surface area contributed by atoms with Crippen molar-refractivity contribution in [2.24, 2.45) is 0 Å². The van der Waals surface area contributed by atoms with Crippen molar-refractivity contribution in [3.8, 4) is 5.75 Å². The van der Waals surface area contributed by atoms with Gasteiger partial charge in [0, 0.05) is 5.69 Å². The molecule has 1 N–H and O–H groups in total. The van der Waals surface area contributed by atoms with Crippen LogP contribution in [-0.2, 0) is 14.8 Å². The third-order valence-corrected chi connectivity index (χ3v) is 3.58. The van der Waals surface area contributed by atoms with Crippen LogP contribution < -0.4 is 9.46 Å². The number of aryl methyl sites for hydroxylation is 1. The van der Waals surface area contributed by atoms with Crippen LogP contribution in [-0.4, -0.2) is 33.9 Å². The monoisotopic (exact) mass is 349 g/mol. The Morgan fingerprint density at radius 1 is 1.08 bits per heavy atom. The molecule has 128 valence electrons. The van der Waals surface area contributed by atoms with E-state index in [1.807, 2.05) is 31.2 Å². The number of carbonyl (C=O) groups excluding carboxylic acids is 1. The number of benzene rings is 2. The van der Waals surface area contributed by atoms with Crippen molar-refractivity contribution < 1.29 is 22.7 Å². The number of sulfonamides is 1. The molecule has 0 aliphatic carbocycles. The molecule has 0 unspecified atom stereocenters. The highest BCUT2D eigenvalue weighted by Crippen LogP contribution is 2.14. The molecule has 0 aliphatic rings. The van der Waals surface area contributed by atoms with E-state index in [9.17, 15) is 13.2 Å². The molecule has 7 heteroatoms. The fourth-order valence-electron chi connectivity index (χ4n) is 2.01. The first-order chi connectivity index (χ1) is 11.3. The average molecular weight is 349 g/mol. The average Bonchev–Trinajstić information content (AvgIpc) is 2.50. The molecule has 0 aromatic heterocycles. The zero-order chi connectivity index (χ0) is 17.6. The molecule has 0 saturated carbocycles. The Labute approximate surface area is 141 Å². The molecule has 2 aromatic carbocycles. The second-order valence-electron chi connectivity index (χ2n) is 5.26. The predicted molar refractivity (Wildman–Crippen MR) is 91.9 cm³/mol. The number of nitrogens with one attached hydrogen (secondary N) is 1. The summed E-state index contributed by atoms with van der Waals surface area (Å²) in [5.74, 6) is 0.172. The smallest absolute Gasteiger partial charge is 0.338 e. The quantitative estimate of drug-likeness (QED) is 0.614. The second-order valence-corrected chi connectivity index (χ2v) is 7.00. The molecule has 6 nitrogen and oxygen atoms in total. The van der Waals surface area contributed by atoms with E-state index in [0.29, 0.717) is 11.4 Å². The first kappa shape index (κ1) is 17.8. The highest BCUT2D eigenvalue weighted by Gasteiger charge is 2.09. The maximum absolute atomic E-state index is 12.0. The Morgan fingerprint density at radius 3 is 2.54 bits per heavy atom. The topological polar surface area (TPSA) is 81.7 Å². The fourth-order valence-corrected chi connectivity index (χ4v) is 2.56. The number of ether oxygens (including phenoxy) is 2. The first-order valence-electron chi connectivity index (χ1n) is 7.28. The van der Waals surface area contributed by atoms with Gasteiger partial charge in [0.15, 0.2) is 0 Å². The van der Waals surface area contributed by atoms with Crippen LogP contribution in [0.3, 0.4) is 0 Å². The van der Waals surface area contributed by atoms with Crippen LogP contribution in [0.25, 0.3) is 0 Å². The molecule has 0 amide bonds. The van der Waals surface area contributed by atoms with Gasteiger partial charge in [-0.05, 0) is 42.8 Å². The lowest BCUT2D eigenvalue weighted by Gasteiger charge is -2.09. The minimum absolute atomic E-state index is 0.0938. The summed E-state index contributed by atoms with van der Waals surface area (Å²) in [7, 11) is -3.40. The summed E-state index contributed by atoms with van der Waals surface area (Å²) in [4.78, 5) is 12.0. The van der Waals surface area contributed by atoms with Crippen molar-refractivity contribution in [3.63, 3.8) is 0 Å². The van der Waals surface area contributed by atoms with E-state index in [1.165, 1.54) is 6.07 Å². The molecule has 0 bridgehead atoms. The van der Waals surface area contributed by atoms with Crippen LogP contribution in [0, 0.1) is 6.92 Å². The van der Waals surface area contributed by atoms with E-state index in [2.05, 4.69) is 4.72 Å². The van der Waals surface area contributed by atoms with Gasteiger partial charge in [-0.15, -0.1) is 0 Å². The van der Waals surface area contributed by atoms with Gasteiger partial charge in [-0.25, -0.2) is 13.2 Å². The SMILES string of the molecule is Cc1cccc(OCCOC(=O)c2cccc(NS(C)(=O)=O)c2)c1. The number of anilines is 1. The number of carbonyl (C=O) groups is 1. The van der Waals surface area contributed by atoms with Crippen LogP contribution in [0.1, 0.15) is 15.9 Å². The molecule has 0 fully saturated rings. The van der Waals surface area contributed by atoms with Gasteiger partial charge < -0.3 is 9.47 Å². The second kappa shape index (κ2) is 7.83. The highest BCUT2D eigenvalue weighted by atomic mass is 32.2. The Balaban J connectivity index is 1.85. The zero-order valence-electron chi connectivity index (χ0n) is 13.5. The van der Waals surface area contributed by atoms with E-state index in [4.69, 9.17) is 9.47 Å². The predicted octanol–water partition coefficient (Wildman–Crippen LogP) is 2.60. The number of esters is 1. The van der Waals surface area contributed by atoms with E-state index < -0.39 is 16.0 Å². The van der Waals surface area contributed by atoms with E-state index in [0.717, 1.165) is 11.8 Å². The minimum Gasteiger partial charge on any atom is -0.490 e. The summed E-state index contributed by atoms with van der Waals surface area (Å²) in [6, 6.07) is 13.7. The standard InChI is InChI=1S/C17H19NO5S/c1-13-5-3-8-16(11-13)22-9-10-23-17(19)14-6-4-7-15(12-14)18-24(2,20)21/h3-8,11-12,18H,9-10H2,1-2H3. The third-order valence-electron chi connectivity index (χ3n) is 2.98. The Morgan fingerprint density at radius 2 is 1.83 bits per heavy atom. The summed E-state index contributed by atoms with van der Waals surface area (Å²) in [6.45, 7) is 2.29. The van der Waals surface area contributed by atoms with Gasteiger partial charge in [-0.3, -0.25) is 4.72 Å². The van der Waals surface area contributed by atoms with Crippen LogP contribution in [0.4, 0.5) is 5.69 Å². The largest absolute Gasteiger partial charge is 0.490 e. The molecule has 0 heterocycles. The molecular weight excluding hydrogens is 330 g/mol. The number of rotatable bonds is 7.